The van der Waals surface area contributed by atoms with Crippen LogP contribution in [0.1, 0.15) is 5.89 Å². The summed E-state index contributed by atoms with van der Waals surface area (Å²) in [6, 6.07) is 5.73. The van der Waals surface area contributed by atoms with Gasteiger partial charge in [0, 0.05) is 17.1 Å². The Morgan fingerprint density at radius 3 is 3.06 bits per heavy atom. The van der Waals surface area contributed by atoms with Crippen LogP contribution in [0, 0.1) is 0 Å². The van der Waals surface area contributed by atoms with E-state index in [4.69, 9.17) is 21.9 Å². The van der Waals surface area contributed by atoms with E-state index in [1.807, 2.05) is 18.2 Å². The zero-order valence-corrected chi connectivity index (χ0v) is 9.53. The Bertz CT molecular complexity index is 673. The molecule has 2 heterocycles. The standard InChI is InChI=1S/C11H9ClN4O/c12-8-5-14-10-6(8)2-1-3-7(10)11-15-9(4-13)17-16-11/h1-3,5,14H,4,13H2. The van der Waals surface area contributed by atoms with Crippen LogP contribution in [0.3, 0.4) is 0 Å². The van der Waals surface area contributed by atoms with E-state index >= 15 is 0 Å². The topological polar surface area (TPSA) is 80.7 Å². The predicted molar refractivity (Wildman–Crippen MR) is 64.5 cm³/mol. The van der Waals surface area contributed by atoms with Gasteiger partial charge in [-0.25, -0.2) is 0 Å². The third kappa shape index (κ3) is 1.60. The quantitative estimate of drug-likeness (QED) is 0.729. The van der Waals surface area contributed by atoms with Crippen LogP contribution in [0.15, 0.2) is 28.9 Å². The monoisotopic (exact) mass is 248 g/mol. The van der Waals surface area contributed by atoms with E-state index in [-0.39, 0.29) is 6.54 Å². The number of fused-ring (bicyclic) bond motifs is 1. The number of aromatic nitrogens is 3. The SMILES string of the molecule is NCc1nc(-c2cccc3c(Cl)c[nH]c23)no1. The van der Waals surface area contributed by atoms with E-state index in [1.165, 1.54) is 0 Å². The molecule has 1 aromatic carbocycles. The Morgan fingerprint density at radius 1 is 1.41 bits per heavy atom. The van der Waals surface area contributed by atoms with Gasteiger partial charge in [-0.3, -0.25) is 0 Å². The van der Waals surface area contributed by atoms with E-state index < -0.39 is 0 Å². The summed E-state index contributed by atoms with van der Waals surface area (Å²) in [4.78, 5) is 7.29. The molecule has 17 heavy (non-hydrogen) atoms. The zero-order valence-electron chi connectivity index (χ0n) is 8.77. The molecule has 3 N–H and O–H groups in total. The molecular formula is C11H9ClN4O. The number of nitrogens with zero attached hydrogens (tertiary/aromatic N) is 2. The van der Waals surface area contributed by atoms with Gasteiger partial charge < -0.3 is 15.2 Å². The van der Waals surface area contributed by atoms with Crippen LogP contribution in [0.2, 0.25) is 5.02 Å². The number of benzene rings is 1. The summed E-state index contributed by atoms with van der Waals surface area (Å²) < 4.78 is 4.99. The summed E-state index contributed by atoms with van der Waals surface area (Å²) in [5, 5.41) is 5.49. The normalized spacial score (nSPS) is 11.2. The summed E-state index contributed by atoms with van der Waals surface area (Å²) in [6.45, 7) is 0.231. The minimum absolute atomic E-state index is 0.231. The number of para-hydroxylation sites is 1. The number of aromatic amines is 1. The van der Waals surface area contributed by atoms with Gasteiger partial charge in [0.25, 0.3) is 0 Å². The van der Waals surface area contributed by atoms with Gasteiger partial charge in [-0.05, 0) is 6.07 Å². The number of nitrogens with one attached hydrogen (secondary N) is 1. The minimum Gasteiger partial charge on any atom is -0.359 e. The Labute approximate surface area is 102 Å². The summed E-state index contributed by atoms with van der Waals surface area (Å²) in [5.41, 5.74) is 7.17. The number of rotatable bonds is 2. The van der Waals surface area contributed by atoms with Crippen LogP contribution in [0.5, 0.6) is 0 Å². The Morgan fingerprint density at radius 2 is 2.29 bits per heavy atom. The van der Waals surface area contributed by atoms with Gasteiger partial charge in [-0.15, -0.1) is 0 Å². The predicted octanol–water partition coefficient (Wildman–Crippen LogP) is 2.33. The van der Waals surface area contributed by atoms with E-state index in [0.717, 1.165) is 16.5 Å². The molecule has 5 nitrogen and oxygen atoms in total. The first kappa shape index (κ1) is 10.3. The number of H-pyrrole nitrogens is 1. The maximum Gasteiger partial charge on any atom is 0.240 e. The van der Waals surface area contributed by atoms with Crippen LogP contribution in [0.25, 0.3) is 22.3 Å². The molecule has 0 unspecified atom stereocenters. The third-order valence-corrected chi connectivity index (χ3v) is 2.86. The lowest BCUT2D eigenvalue weighted by atomic mass is 10.1. The molecule has 86 valence electrons. The van der Waals surface area contributed by atoms with Crippen molar-refractivity contribution in [1.82, 2.24) is 15.1 Å². The maximum absolute atomic E-state index is 6.05. The average molecular weight is 249 g/mol. The van der Waals surface area contributed by atoms with Gasteiger partial charge in [0.15, 0.2) is 0 Å². The van der Waals surface area contributed by atoms with Crippen molar-refractivity contribution in [1.29, 1.82) is 0 Å². The van der Waals surface area contributed by atoms with Gasteiger partial charge in [-0.2, -0.15) is 4.98 Å². The van der Waals surface area contributed by atoms with Gasteiger partial charge >= 0.3 is 0 Å². The fraction of sp³-hybridized carbons (Fsp3) is 0.0909. The molecular weight excluding hydrogens is 240 g/mol. The Balaban J connectivity index is 2.23. The van der Waals surface area contributed by atoms with Crippen molar-refractivity contribution >= 4 is 22.5 Å². The zero-order chi connectivity index (χ0) is 11.8. The van der Waals surface area contributed by atoms with Crippen molar-refractivity contribution < 1.29 is 4.52 Å². The second kappa shape index (κ2) is 3.87. The molecule has 0 saturated carbocycles. The number of hydrogen-bond acceptors (Lipinski definition) is 4. The smallest absolute Gasteiger partial charge is 0.240 e. The molecule has 0 aliphatic rings. The van der Waals surface area contributed by atoms with Crippen molar-refractivity contribution in [3.05, 3.63) is 35.3 Å². The van der Waals surface area contributed by atoms with Crippen LogP contribution in [-0.4, -0.2) is 15.1 Å². The summed E-state index contributed by atoms with van der Waals surface area (Å²) in [7, 11) is 0. The highest BCUT2D eigenvalue weighted by Gasteiger charge is 2.12. The molecule has 0 radical (unpaired) electrons. The van der Waals surface area contributed by atoms with Crippen LogP contribution in [0.4, 0.5) is 0 Å². The molecule has 0 aliphatic carbocycles. The molecule has 6 heteroatoms. The highest BCUT2D eigenvalue weighted by Crippen LogP contribution is 2.30. The number of hydrogen-bond donors (Lipinski definition) is 2. The highest BCUT2D eigenvalue weighted by atomic mass is 35.5. The minimum atomic E-state index is 0.231. The van der Waals surface area contributed by atoms with E-state index in [1.54, 1.807) is 6.20 Å². The van der Waals surface area contributed by atoms with E-state index in [2.05, 4.69) is 15.1 Å². The second-order valence-corrected chi connectivity index (χ2v) is 3.99. The fourth-order valence-corrected chi connectivity index (χ4v) is 1.97. The largest absolute Gasteiger partial charge is 0.359 e. The van der Waals surface area contributed by atoms with Gasteiger partial charge in [0.1, 0.15) is 0 Å². The van der Waals surface area contributed by atoms with E-state index in [9.17, 15) is 0 Å². The summed E-state index contributed by atoms with van der Waals surface area (Å²) in [6.07, 6.45) is 1.74. The first-order valence-corrected chi connectivity index (χ1v) is 5.46. The average Bonchev–Trinajstić information content (AvgIpc) is 2.96. The molecule has 0 amide bonds. The fourth-order valence-electron chi connectivity index (χ4n) is 1.75. The van der Waals surface area contributed by atoms with Crippen molar-refractivity contribution in [3.63, 3.8) is 0 Å². The Kier molecular flexibility index (Phi) is 2.35. The second-order valence-electron chi connectivity index (χ2n) is 3.58. The van der Waals surface area contributed by atoms with Crippen molar-refractivity contribution in [2.45, 2.75) is 6.54 Å². The van der Waals surface area contributed by atoms with Crippen molar-refractivity contribution in [3.8, 4) is 11.4 Å². The molecule has 0 saturated heterocycles. The van der Waals surface area contributed by atoms with Crippen molar-refractivity contribution in [2.75, 3.05) is 0 Å². The lowest BCUT2D eigenvalue weighted by Crippen LogP contribution is -1.95. The number of nitrogens with two attached hydrogens (primary N) is 1. The molecule has 0 bridgehead atoms. The molecule has 2 aromatic heterocycles. The van der Waals surface area contributed by atoms with Crippen molar-refractivity contribution in [2.24, 2.45) is 5.73 Å². The Hall–Kier alpha value is -1.85. The molecule has 0 spiro atoms. The maximum atomic E-state index is 6.05. The van der Waals surface area contributed by atoms with Gasteiger partial charge in [0.2, 0.25) is 11.7 Å². The molecule has 0 fully saturated rings. The lowest BCUT2D eigenvalue weighted by molar-refractivity contribution is 0.380. The molecule has 3 rings (SSSR count). The number of halogens is 1. The van der Waals surface area contributed by atoms with Gasteiger partial charge in [-0.1, -0.05) is 28.9 Å². The lowest BCUT2D eigenvalue weighted by Gasteiger charge is -1.97. The van der Waals surface area contributed by atoms with Crippen LogP contribution < -0.4 is 5.73 Å². The van der Waals surface area contributed by atoms with Crippen LogP contribution in [-0.2, 0) is 6.54 Å². The summed E-state index contributed by atoms with van der Waals surface area (Å²) >= 11 is 6.05. The molecule has 0 aliphatic heterocycles. The molecule has 3 aromatic rings. The van der Waals surface area contributed by atoms with Crippen LogP contribution >= 0.6 is 11.6 Å². The highest BCUT2D eigenvalue weighted by molar-refractivity contribution is 6.35. The van der Waals surface area contributed by atoms with Gasteiger partial charge in [0.05, 0.1) is 17.1 Å². The first-order valence-electron chi connectivity index (χ1n) is 5.08. The molecule has 0 atom stereocenters. The summed E-state index contributed by atoms with van der Waals surface area (Å²) in [5.74, 6) is 0.921. The first-order chi connectivity index (χ1) is 8.29. The van der Waals surface area contributed by atoms with E-state index in [0.29, 0.717) is 16.7 Å². The third-order valence-electron chi connectivity index (χ3n) is 2.55.